The van der Waals surface area contributed by atoms with Crippen LogP contribution >= 0.6 is 0 Å². The molecule has 2 aromatic rings. The van der Waals surface area contributed by atoms with Crippen LogP contribution in [0.3, 0.4) is 0 Å². The van der Waals surface area contributed by atoms with Crippen LogP contribution in [-0.2, 0) is 19.1 Å². The van der Waals surface area contributed by atoms with Gasteiger partial charge in [0, 0.05) is 19.1 Å². The fourth-order valence-electron chi connectivity index (χ4n) is 2.75. The van der Waals surface area contributed by atoms with E-state index in [4.69, 9.17) is 0 Å². The summed E-state index contributed by atoms with van der Waals surface area (Å²) in [5, 5.41) is 9.29. The Bertz CT molecular complexity index is 628. The maximum atomic E-state index is 12.8. The van der Waals surface area contributed by atoms with Gasteiger partial charge in [0.1, 0.15) is 0 Å². The van der Waals surface area contributed by atoms with Crippen LogP contribution in [0.5, 0.6) is 0 Å². The Morgan fingerprint density at radius 3 is 2.29 bits per heavy atom. The SMILES string of the molecule is C[C@@H](Cc1cccc(C(F)(F)F)c1)N(CCO)Cc1ccccc1. The van der Waals surface area contributed by atoms with Crippen LogP contribution in [0, 0.1) is 0 Å². The lowest BCUT2D eigenvalue weighted by atomic mass is 10.0. The van der Waals surface area contributed by atoms with Crippen molar-refractivity contribution in [2.75, 3.05) is 13.2 Å². The molecule has 0 fully saturated rings. The van der Waals surface area contributed by atoms with E-state index >= 15 is 0 Å². The zero-order valence-corrected chi connectivity index (χ0v) is 13.6. The van der Waals surface area contributed by atoms with Gasteiger partial charge in [0.25, 0.3) is 0 Å². The van der Waals surface area contributed by atoms with Crippen molar-refractivity contribution in [2.24, 2.45) is 0 Å². The third-order valence-electron chi connectivity index (χ3n) is 4.02. The largest absolute Gasteiger partial charge is 0.416 e. The number of aliphatic hydroxyl groups is 1. The Morgan fingerprint density at radius 1 is 1.00 bits per heavy atom. The summed E-state index contributed by atoms with van der Waals surface area (Å²) in [4.78, 5) is 2.08. The third kappa shape index (κ3) is 5.35. The van der Waals surface area contributed by atoms with E-state index < -0.39 is 11.7 Å². The molecule has 0 aliphatic heterocycles. The number of hydrogen-bond donors (Lipinski definition) is 1. The number of hydrogen-bond acceptors (Lipinski definition) is 2. The van der Waals surface area contributed by atoms with Gasteiger partial charge >= 0.3 is 6.18 Å². The molecule has 0 bridgehead atoms. The van der Waals surface area contributed by atoms with E-state index in [0.717, 1.165) is 11.6 Å². The molecule has 0 unspecified atom stereocenters. The average molecular weight is 337 g/mol. The monoisotopic (exact) mass is 337 g/mol. The predicted molar refractivity (Wildman–Crippen MR) is 88.5 cm³/mol. The number of aliphatic hydroxyl groups excluding tert-OH is 1. The lowest BCUT2D eigenvalue weighted by molar-refractivity contribution is -0.137. The first-order valence-electron chi connectivity index (χ1n) is 7.95. The van der Waals surface area contributed by atoms with Crippen molar-refractivity contribution in [3.8, 4) is 0 Å². The summed E-state index contributed by atoms with van der Waals surface area (Å²) >= 11 is 0. The zero-order valence-electron chi connectivity index (χ0n) is 13.6. The van der Waals surface area contributed by atoms with Gasteiger partial charge in [-0.2, -0.15) is 13.2 Å². The molecule has 5 heteroatoms. The van der Waals surface area contributed by atoms with Gasteiger partial charge in [-0.15, -0.1) is 0 Å². The minimum Gasteiger partial charge on any atom is -0.395 e. The fraction of sp³-hybridized carbons (Fsp3) is 0.368. The molecule has 130 valence electrons. The zero-order chi connectivity index (χ0) is 17.6. The van der Waals surface area contributed by atoms with E-state index in [1.807, 2.05) is 37.3 Å². The lowest BCUT2D eigenvalue weighted by Crippen LogP contribution is -2.36. The van der Waals surface area contributed by atoms with Gasteiger partial charge < -0.3 is 5.11 Å². The van der Waals surface area contributed by atoms with Gasteiger partial charge in [-0.3, -0.25) is 4.90 Å². The molecule has 24 heavy (non-hydrogen) atoms. The molecule has 0 saturated heterocycles. The van der Waals surface area contributed by atoms with E-state index in [1.54, 1.807) is 6.07 Å². The Kier molecular flexibility index (Phi) is 6.40. The number of benzene rings is 2. The van der Waals surface area contributed by atoms with Crippen LogP contribution in [0.1, 0.15) is 23.6 Å². The van der Waals surface area contributed by atoms with Gasteiger partial charge in [-0.1, -0.05) is 48.5 Å². The Morgan fingerprint density at radius 2 is 1.67 bits per heavy atom. The predicted octanol–water partition coefficient (Wildman–Crippen LogP) is 4.13. The summed E-state index contributed by atoms with van der Waals surface area (Å²) in [7, 11) is 0. The second kappa shape index (κ2) is 8.31. The van der Waals surface area contributed by atoms with Crippen molar-refractivity contribution in [3.63, 3.8) is 0 Å². The second-order valence-corrected chi connectivity index (χ2v) is 5.93. The second-order valence-electron chi connectivity index (χ2n) is 5.93. The summed E-state index contributed by atoms with van der Waals surface area (Å²) < 4.78 is 38.5. The van der Waals surface area contributed by atoms with Gasteiger partial charge in [-0.05, 0) is 30.5 Å². The average Bonchev–Trinajstić information content (AvgIpc) is 2.55. The standard InChI is InChI=1S/C19H22F3NO/c1-15(12-17-8-5-9-18(13-17)19(20,21)22)23(10-11-24)14-16-6-3-2-4-7-16/h2-9,13,15,24H,10-12,14H2,1H3/t15-/m0/s1. The van der Waals surface area contributed by atoms with E-state index in [2.05, 4.69) is 4.90 Å². The van der Waals surface area contributed by atoms with Crippen LogP contribution in [0.25, 0.3) is 0 Å². The number of nitrogens with zero attached hydrogens (tertiary/aromatic N) is 1. The maximum Gasteiger partial charge on any atom is 0.416 e. The third-order valence-corrected chi connectivity index (χ3v) is 4.02. The molecule has 2 aromatic carbocycles. The minimum absolute atomic E-state index is 0.0137. The van der Waals surface area contributed by atoms with Crippen LogP contribution in [-0.4, -0.2) is 29.2 Å². The summed E-state index contributed by atoms with van der Waals surface area (Å²) in [6.07, 6.45) is -3.83. The lowest BCUT2D eigenvalue weighted by Gasteiger charge is -2.29. The van der Waals surface area contributed by atoms with Crippen molar-refractivity contribution in [3.05, 3.63) is 71.3 Å². The number of alkyl halides is 3. The molecular weight excluding hydrogens is 315 g/mol. The number of rotatable bonds is 7. The topological polar surface area (TPSA) is 23.5 Å². The minimum atomic E-state index is -4.33. The molecule has 0 spiro atoms. The van der Waals surface area contributed by atoms with Gasteiger partial charge in [0.2, 0.25) is 0 Å². The highest BCUT2D eigenvalue weighted by molar-refractivity contribution is 5.26. The molecule has 0 saturated carbocycles. The van der Waals surface area contributed by atoms with E-state index in [1.165, 1.54) is 12.1 Å². The highest BCUT2D eigenvalue weighted by Crippen LogP contribution is 2.30. The summed E-state index contributed by atoms with van der Waals surface area (Å²) in [5.74, 6) is 0. The number of halogens is 3. The van der Waals surface area contributed by atoms with E-state index in [9.17, 15) is 18.3 Å². The van der Waals surface area contributed by atoms with Crippen LogP contribution < -0.4 is 0 Å². The highest BCUT2D eigenvalue weighted by atomic mass is 19.4. The molecule has 0 radical (unpaired) electrons. The van der Waals surface area contributed by atoms with Gasteiger partial charge in [0.15, 0.2) is 0 Å². The Hall–Kier alpha value is -1.85. The van der Waals surface area contributed by atoms with Crippen LogP contribution in [0.4, 0.5) is 13.2 Å². The summed E-state index contributed by atoms with van der Waals surface area (Å²) in [6.45, 7) is 3.12. The molecule has 0 heterocycles. The molecule has 0 aliphatic carbocycles. The molecule has 2 nitrogen and oxygen atoms in total. The Labute approximate surface area is 140 Å². The molecular formula is C19H22F3NO. The highest BCUT2D eigenvalue weighted by Gasteiger charge is 2.30. The van der Waals surface area contributed by atoms with Crippen LogP contribution in [0.15, 0.2) is 54.6 Å². The van der Waals surface area contributed by atoms with Crippen molar-refractivity contribution < 1.29 is 18.3 Å². The first kappa shape index (κ1) is 18.5. The van der Waals surface area contributed by atoms with Crippen molar-refractivity contribution >= 4 is 0 Å². The molecule has 1 atom stereocenters. The summed E-state index contributed by atoms with van der Waals surface area (Å²) in [5.41, 5.74) is 1.14. The first-order valence-corrected chi connectivity index (χ1v) is 7.95. The molecule has 0 aromatic heterocycles. The van der Waals surface area contributed by atoms with Crippen LogP contribution in [0.2, 0.25) is 0 Å². The fourth-order valence-corrected chi connectivity index (χ4v) is 2.75. The van der Waals surface area contributed by atoms with Gasteiger partial charge in [0.05, 0.1) is 12.2 Å². The van der Waals surface area contributed by atoms with Crippen molar-refractivity contribution in [2.45, 2.75) is 32.1 Å². The first-order chi connectivity index (χ1) is 11.4. The van der Waals surface area contributed by atoms with E-state index in [-0.39, 0.29) is 12.6 Å². The summed E-state index contributed by atoms with van der Waals surface area (Å²) in [6, 6.07) is 15.3. The molecule has 2 rings (SSSR count). The van der Waals surface area contributed by atoms with Crippen molar-refractivity contribution in [1.82, 2.24) is 4.90 Å². The Balaban J connectivity index is 2.09. The van der Waals surface area contributed by atoms with Crippen molar-refractivity contribution in [1.29, 1.82) is 0 Å². The normalized spacial score (nSPS) is 13.2. The molecule has 1 N–H and O–H groups in total. The molecule has 0 amide bonds. The van der Waals surface area contributed by atoms with E-state index in [0.29, 0.717) is 25.1 Å². The quantitative estimate of drug-likeness (QED) is 0.821. The smallest absolute Gasteiger partial charge is 0.395 e. The molecule has 0 aliphatic rings. The van der Waals surface area contributed by atoms with Gasteiger partial charge in [-0.25, -0.2) is 0 Å². The maximum absolute atomic E-state index is 12.8.